The zero-order chi connectivity index (χ0) is 10.1. The topological polar surface area (TPSA) is 37.4 Å². The lowest BCUT2D eigenvalue weighted by molar-refractivity contribution is 0.250. The molecule has 1 fully saturated rings. The second-order valence-corrected chi connectivity index (χ2v) is 6.13. The van der Waals surface area contributed by atoms with Crippen LogP contribution in [0, 0.1) is 0 Å². The molecule has 1 aliphatic rings. The minimum atomic E-state index is -3.16. The maximum atomic E-state index is 12.7. The smallest absolute Gasteiger partial charge is 0.216 e. The maximum Gasteiger partial charge on any atom is 0.216 e. The normalized spacial score (nSPS) is 30.8. The molecule has 0 atom stereocenters. The first-order valence-electron chi connectivity index (χ1n) is 4.50. The Balaban J connectivity index is 2.64. The van der Waals surface area contributed by atoms with E-state index in [1.165, 1.54) is 18.4 Å². The maximum absolute atomic E-state index is 12.7. The Morgan fingerprint density at radius 3 is 2.00 bits per heavy atom. The number of nitrogens with zero attached hydrogens (tertiary/aromatic N) is 1. The van der Waals surface area contributed by atoms with E-state index in [4.69, 9.17) is 0 Å². The number of alkyl halides is 1. The Hall–Kier alpha value is -0.160. The highest BCUT2D eigenvalue weighted by Gasteiger charge is 2.31. The molecule has 0 spiro atoms. The van der Waals surface area contributed by atoms with Gasteiger partial charge in [0.1, 0.15) is 6.17 Å². The summed E-state index contributed by atoms with van der Waals surface area (Å²) in [5.41, 5.74) is 0. The monoisotopic (exact) mass is 209 g/mol. The van der Waals surface area contributed by atoms with E-state index in [1.807, 2.05) is 0 Å². The van der Waals surface area contributed by atoms with Crippen molar-refractivity contribution in [1.29, 1.82) is 0 Å². The van der Waals surface area contributed by atoms with E-state index in [2.05, 4.69) is 0 Å². The van der Waals surface area contributed by atoms with E-state index in [0.717, 1.165) is 0 Å². The van der Waals surface area contributed by atoms with Gasteiger partial charge in [-0.3, -0.25) is 0 Å². The third-order valence-corrected chi connectivity index (χ3v) is 4.87. The molecule has 1 rings (SSSR count). The van der Waals surface area contributed by atoms with Crippen molar-refractivity contribution in [1.82, 2.24) is 4.31 Å². The fourth-order valence-corrected chi connectivity index (χ4v) is 3.08. The molecule has 0 amide bonds. The predicted octanol–water partition coefficient (Wildman–Crippen LogP) is 1.16. The Bertz CT molecular complexity index is 255. The van der Waals surface area contributed by atoms with E-state index >= 15 is 0 Å². The largest absolute Gasteiger partial charge is 0.247 e. The Labute approximate surface area is 79.0 Å². The molecule has 0 unspecified atom stereocenters. The van der Waals surface area contributed by atoms with E-state index in [-0.39, 0.29) is 5.25 Å². The molecule has 0 aromatic heterocycles. The molecule has 0 N–H and O–H groups in total. The van der Waals surface area contributed by atoms with Gasteiger partial charge in [0.15, 0.2) is 0 Å². The minimum absolute atomic E-state index is 0.366. The molecule has 0 aliphatic heterocycles. The second-order valence-electron chi connectivity index (χ2n) is 3.70. The van der Waals surface area contributed by atoms with Crippen LogP contribution in [-0.4, -0.2) is 38.2 Å². The molecule has 0 heterocycles. The summed E-state index contributed by atoms with van der Waals surface area (Å²) in [6.07, 6.45) is 0.896. The molecule has 1 aliphatic carbocycles. The van der Waals surface area contributed by atoms with Gasteiger partial charge in [-0.2, -0.15) is 0 Å². The summed E-state index contributed by atoms with van der Waals surface area (Å²) in [4.78, 5) is 0. The molecular formula is C8H16FNO2S. The van der Waals surface area contributed by atoms with Gasteiger partial charge in [-0.15, -0.1) is 0 Å². The lowest BCUT2D eigenvalue weighted by Gasteiger charge is -2.26. The van der Waals surface area contributed by atoms with Gasteiger partial charge >= 0.3 is 0 Å². The molecule has 0 aromatic rings. The Morgan fingerprint density at radius 2 is 1.62 bits per heavy atom. The Morgan fingerprint density at radius 1 is 1.15 bits per heavy atom. The molecule has 78 valence electrons. The molecule has 0 bridgehead atoms. The van der Waals surface area contributed by atoms with Gasteiger partial charge in [0.25, 0.3) is 0 Å². The first-order valence-corrected chi connectivity index (χ1v) is 6.00. The van der Waals surface area contributed by atoms with Crippen LogP contribution < -0.4 is 0 Å². The van der Waals surface area contributed by atoms with Crippen molar-refractivity contribution in [3.05, 3.63) is 0 Å². The zero-order valence-electron chi connectivity index (χ0n) is 8.03. The van der Waals surface area contributed by atoms with Crippen LogP contribution >= 0.6 is 0 Å². The first-order chi connectivity index (χ1) is 5.94. The summed E-state index contributed by atoms with van der Waals surface area (Å²) < 4.78 is 37.2. The van der Waals surface area contributed by atoms with Gasteiger partial charge in [0.05, 0.1) is 5.25 Å². The minimum Gasteiger partial charge on any atom is -0.247 e. The second kappa shape index (κ2) is 3.92. The van der Waals surface area contributed by atoms with E-state index in [9.17, 15) is 12.8 Å². The molecule has 0 radical (unpaired) electrons. The summed E-state index contributed by atoms with van der Waals surface area (Å²) >= 11 is 0. The molecule has 0 aromatic carbocycles. The van der Waals surface area contributed by atoms with E-state index in [0.29, 0.717) is 25.7 Å². The molecule has 1 saturated carbocycles. The highest BCUT2D eigenvalue weighted by molar-refractivity contribution is 7.89. The van der Waals surface area contributed by atoms with Gasteiger partial charge in [-0.1, -0.05) is 0 Å². The standard InChI is InChI=1S/C8H16FNO2S/c1-10(2)13(11,12)8-5-3-7(9)4-6-8/h7-8H,3-6H2,1-2H3. The number of hydrogen-bond donors (Lipinski definition) is 0. The van der Waals surface area contributed by atoms with Crippen LogP contribution in [0.3, 0.4) is 0 Å². The van der Waals surface area contributed by atoms with Gasteiger partial charge in [-0.05, 0) is 25.7 Å². The third kappa shape index (κ3) is 2.40. The number of hydrogen-bond acceptors (Lipinski definition) is 2. The van der Waals surface area contributed by atoms with Gasteiger partial charge in [0, 0.05) is 14.1 Å². The summed E-state index contributed by atoms with van der Waals surface area (Å²) in [6, 6.07) is 0. The van der Waals surface area contributed by atoms with Crippen LogP contribution in [0.1, 0.15) is 25.7 Å². The van der Waals surface area contributed by atoms with E-state index in [1.54, 1.807) is 0 Å². The summed E-state index contributed by atoms with van der Waals surface area (Å²) in [5, 5.41) is -0.366. The lowest BCUT2D eigenvalue weighted by atomic mass is 9.99. The van der Waals surface area contributed by atoms with Crippen molar-refractivity contribution >= 4 is 10.0 Å². The number of halogens is 1. The molecule has 0 saturated heterocycles. The SMILES string of the molecule is CN(C)S(=O)(=O)C1CCC(F)CC1. The van der Waals surface area contributed by atoms with Crippen molar-refractivity contribution in [3.63, 3.8) is 0 Å². The average molecular weight is 209 g/mol. The quantitative estimate of drug-likeness (QED) is 0.684. The van der Waals surface area contributed by atoms with E-state index < -0.39 is 16.2 Å². The molecule has 3 nitrogen and oxygen atoms in total. The van der Waals surface area contributed by atoms with Crippen LogP contribution in [0.5, 0.6) is 0 Å². The fourth-order valence-electron chi connectivity index (χ4n) is 1.62. The molecule has 13 heavy (non-hydrogen) atoms. The van der Waals surface area contributed by atoms with Gasteiger partial charge in [0.2, 0.25) is 10.0 Å². The van der Waals surface area contributed by atoms with Crippen molar-refractivity contribution < 1.29 is 12.8 Å². The van der Waals surface area contributed by atoms with Crippen LogP contribution in [0.15, 0.2) is 0 Å². The molecule has 5 heteroatoms. The lowest BCUT2D eigenvalue weighted by Crippen LogP contribution is -2.36. The Kier molecular flexibility index (Phi) is 3.29. The van der Waals surface area contributed by atoms with Crippen LogP contribution in [0.4, 0.5) is 4.39 Å². The van der Waals surface area contributed by atoms with Crippen LogP contribution in [-0.2, 0) is 10.0 Å². The predicted molar refractivity (Wildman–Crippen MR) is 49.8 cm³/mol. The van der Waals surface area contributed by atoms with Crippen LogP contribution in [0.2, 0.25) is 0 Å². The summed E-state index contributed by atoms with van der Waals surface area (Å²) in [7, 11) is -0.107. The van der Waals surface area contributed by atoms with Crippen molar-refractivity contribution in [3.8, 4) is 0 Å². The fraction of sp³-hybridized carbons (Fsp3) is 1.00. The highest BCUT2D eigenvalue weighted by atomic mass is 32.2. The average Bonchev–Trinajstić information content (AvgIpc) is 2.04. The van der Waals surface area contributed by atoms with Crippen molar-refractivity contribution in [2.45, 2.75) is 37.1 Å². The van der Waals surface area contributed by atoms with Gasteiger partial charge < -0.3 is 0 Å². The third-order valence-electron chi connectivity index (χ3n) is 2.53. The first kappa shape index (κ1) is 10.9. The number of rotatable bonds is 2. The van der Waals surface area contributed by atoms with Gasteiger partial charge in [-0.25, -0.2) is 17.1 Å². The van der Waals surface area contributed by atoms with Crippen molar-refractivity contribution in [2.24, 2.45) is 0 Å². The molecular weight excluding hydrogens is 193 g/mol. The van der Waals surface area contributed by atoms with Crippen LogP contribution in [0.25, 0.3) is 0 Å². The zero-order valence-corrected chi connectivity index (χ0v) is 8.85. The number of sulfonamides is 1. The summed E-state index contributed by atoms with van der Waals surface area (Å²) in [5.74, 6) is 0. The summed E-state index contributed by atoms with van der Waals surface area (Å²) in [6.45, 7) is 0. The highest BCUT2D eigenvalue weighted by Crippen LogP contribution is 2.26. The van der Waals surface area contributed by atoms with Crippen molar-refractivity contribution in [2.75, 3.05) is 14.1 Å².